The molecule has 0 N–H and O–H groups in total. The van der Waals surface area contributed by atoms with Gasteiger partial charge in [-0.2, -0.15) is 9.78 Å². The van der Waals surface area contributed by atoms with Gasteiger partial charge < -0.3 is 4.90 Å². The van der Waals surface area contributed by atoms with Gasteiger partial charge in [-0.1, -0.05) is 56.3 Å². The number of carbonyl (C=O) groups is 2. The normalized spacial score (nSPS) is 14.5. The third-order valence-corrected chi connectivity index (χ3v) is 6.06. The minimum absolute atomic E-state index is 0.0868. The van der Waals surface area contributed by atoms with Gasteiger partial charge in [0.25, 0.3) is 11.5 Å². The Morgan fingerprint density at radius 3 is 2.24 bits per heavy atom. The Hall–Kier alpha value is -3.54. The lowest BCUT2D eigenvalue weighted by Crippen LogP contribution is -2.41. The lowest BCUT2D eigenvalue weighted by molar-refractivity contribution is 0.0644. The number of para-hydroxylation sites is 1. The molecule has 0 radical (unpaired) electrons. The fourth-order valence-electron chi connectivity index (χ4n) is 4.30. The van der Waals surface area contributed by atoms with E-state index in [1.807, 2.05) is 42.5 Å². The largest absolute Gasteiger partial charge is 0.337 e. The number of piperidine rings is 1. The maximum absolute atomic E-state index is 13.0. The number of benzene rings is 2. The van der Waals surface area contributed by atoms with Gasteiger partial charge in [0, 0.05) is 30.6 Å². The van der Waals surface area contributed by atoms with E-state index in [1.54, 1.807) is 17.0 Å². The Kier molecular flexibility index (Phi) is 6.82. The predicted molar refractivity (Wildman–Crippen MR) is 128 cm³/mol. The number of carbonyl (C=O) groups excluding carboxylic acids is 2. The Morgan fingerprint density at radius 2 is 1.61 bits per heavy atom. The second kappa shape index (κ2) is 9.94. The summed E-state index contributed by atoms with van der Waals surface area (Å²) >= 11 is 0. The summed E-state index contributed by atoms with van der Waals surface area (Å²) in [6.07, 6.45) is 2.24. The Balaban J connectivity index is 1.40. The smallest absolute Gasteiger partial charge is 0.274 e. The summed E-state index contributed by atoms with van der Waals surface area (Å²) in [6, 6.07) is 19.8. The zero-order valence-corrected chi connectivity index (χ0v) is 19.1. The molecule has 1 aliphatic rings. The van der Waals surface area contributed by atoms with Gasteiger partial charge in [-0.25, -0.2) is 0 Å². The molecule has 0 atom stereocenters. The average molecular weight is 444 g/mol. The number of amides is 1. The number of hydrogen-bond acceptors (Lipinski definition) is 4. The number of likely N-dealkylation sites (tertiary alicyclic amines) is 1. The van der Waals surface area contributed by atoms with Crippen LogP contribution in [0.5, 0.6) is 0 Å². The minimum Gasteiger partial charge on any atom is -0.337 e. The van der Waals surface area contributed by atoms with Crippen LogP contribution in [-0.4, -0.2) is 39.5 Å². The Morgan fingerprint density at radius 1 is 0.939 bits per heavy atom. The standard InChI is InChI=1S/C27H29N3O3/c1-19(2)18-20-8-10-21(11-9-20)26(32)22-14-16-29(17-15-22)27(33)24-12-13-25(31)30(28-24)23-6-4-3-5-7-23/h3-13,19,22H,14-18H2,1-2H3. The molecule has 2 aromatic carbocycles. The molecule has 170 valence electrons. The first kappa shape index (κ1) is 22.6. The first-order chi connectivity index (χ1) is 15.9. The highest BCUT2D eigenvalue weighted by atomic mass is 16.2. The fraction of sp³-hybridized carbons (Fsp3) is 0.333. The van der Waals surface area contributed by atoms with Gasteiger partial charge in [-0.3, -0.25) is 14.4 Å². The third kappa shape index (κ3) is 5.28. The van der Waals surface area contributed by atoms with Gasteiger partial charge in [-0.15, -0.1) is 0 Å². The quantitative estimate of drug-likeness (QED) is 0.536. The van der Waals surface area contributed by atoms with Crippen molar-refractivity contribution in [1.82, 2.24) is 14.7 Å². The summed E-state index contributed by atoms with van der Waals surface area (Å²) in [6.45, 7) is 5.35. The van der Waals surface area contributed by atoms with E-state index in [0.717, 1.165) is 12.0 Å². The van der Waals surface area contributed by atoms with Crippen molar-refractivity contribution in [3.05, 3.63) is 93.9 Å². The maximum atomic E-state index is 13.0. The second-order valence-electron chi connectivity index (χ2n) is 9.03. The van der Waals surface area contributed by atoms with E-state index in [9.17, 15) is 14.4 Å². The highest BCUT2D eigenvalue weighted by Crippen LogP contribution is 2.23. The van der Waals surface area contributed by atoms with Crippen LogP contribution in [0.3, 0.4) is 0 Å². The molecule has 1 saturated heterocycles. The number of nitrogens with zero attached hydrogens (tertiary/aromatic N) is 3. The van der Waals surface area contributed by atoms with Crippen molar-refractivity contribution in [2.24, 2.45) is 11.8 Å². The summed E-state index contributed by atoms with van der Waals surface area (Å²) in [7, 11) is 0. The van der Waals surface area contributed by atoms with Crippen LogP contribution in [0, 0.1) is 11.8 Å². The van der Waals surface area contributed by atoms with Crippen molar-refractivity contribution in [3.63, 3.8) is 0 Å². The molecule has 0 bridgehead atoms. The van der Waals surface area contributed by atoms with Gasteiger partial charge in [0.05, 0.1) is 5.69 Å². The summed E-state index contributed by atoms with van der Waals surface area (Å²) in [5, 5.41) is 4.29. The molecule has 0 spiro atoms. The molecule has 0 aliphatic carbocycles. The van der Waals surface area contributed by atoms with Gasteiger partial charge in [0.1, 0.15) is 5.69 Å². The number of ketones is 1. The molecular formula is C27H29N3O3. The molecule has 2 heterocycles. The maximum Gasteiger partial charge on any atom is 0.274 e. The first-order valence-corrected chi connectivity index (χ1v) is 11.5. The van der Waals surface area contributed by atoms with Crippen LogP contribution < -0.4 is 5.56 Å². The Bertz CT molecular complexity index is 1180. The van der Waals surface area contributed by atoms with Crippen LogP contribution >= 0.6 is 0 Å². The SMILES string of the molecule is CC(C)Cc1ccc(C(=O)C2CCN(C(=O)c3ccc(=O)n(-c4ccccc4)n3)CC2)cc1. The van der Waals surface area contributed by atoms with E-state index in [-0.39, 0.29) is 28.9 Å². The van der Waals surface area contributed by atoms with E-state index in [4.69, 9.17) is 0 Å². The third-order valence-electron chi connectivity index (χ3n) is 6.06. The van der Waals surface area contributed by atoms with E-state index < -0.39 is 0 Å². The van der Waals surface area contributed by atoms with Crippen LogP contribution in [0.1, 0.15) is 53.1 Å². The van der Waals surface area contributed by atoms with E-state index in [0.29, 0.717) is 37.5 Å². The summed E-state index contributed by atoms with van der Waals surface area (Å²) in [5.41, 5.74) is 2.53. The zero-order valence-electron chi connectivity index (χ0n) is 19.1. The van der Waals surface area contributed by atoms with Crippen LogP contribution in [0.2, 0.25) is 0 Å². The minimum atomic E-state index is -0.290. The number of hydrogen-bond donors (Lipinski definition) is 0. The van der Waals surface area contributed by atoms with Crippen molar-refractivity contribution < 1.29 is 9.59 Å². The second-order valence-corrected chi connectivity index (χ2v) is 9.03. The number of rotatable bonds is 6. The molecule has 1 fully saturated rings. The molecule has 1 aliphatic heterocycles. The molecule has 1 amide bonds. The van der Waals surface area contributed by atoms with Crippen molar-refractivity contribution in [2.45, 2.75) is 33.1 Å². The van der Waals surface area contributed by atoms with E-state index in [1.165, 1.54) is 22.4 Å². The number of Topliss-reactive ketones (excluding diaryl/α,β-unsaturated/α-hetero) is 1. The van der Waals surface area contributed by atoms with Gasteiger partial charge in [0.2, 0.25) is 0 Å². The van der Waals surface area contributed by atoms with Crippen LogP contribution in [0.15, 0.2) is 71.5 Å². The van der Waals surface area contributed by atoms with Crippen LogP contribution in [0.25, 0.3) is 5.69 Å². The highest BCUT2D eigenvalue weighted by molar-refractivity contribution is 5.98. The molecule has 0 saturated carbocycles. The molecule has 33 heavy (non-hydrogen) atoms. The fourth-order valence-corrected chi connectivity index (χ4v) is 4.30. The average Bonchev–Trinajstić information content (AvgIpc) is 2.84. The summed E-state index contributed by atoms with van der Waals surface area (Å²) in [5.74, 6) is 0.420. The topological polar surface area (TPSA) is 72.3 Å². The van der Waals surface area contributed by atoms with Crippen LogP contribution in [0.4, 0.5) is 0 Å². The molecular weight excluding hydrogens is 414 g/mol. The van der Waals surface area contributed by atoms with Crippen LogP contribution in [-0.2, 0) is 6.42 Å². The van der Waals surface area contributed by atoms with Crippen molar-refractivity contribution >= 4 is 11.7 Å². The summed E-state index contributed by atoms with van der Waals surface area (Å²) < 4.78 is 1.24. The zero-order chi connectivity index (χ0) is 23.4. The van der Waals surface area contributed by atoms with Gasteiger partial charge in [-0.05, 0) is 48.9 Å². The van der Waals surface area contributed by atoms with Crippen molar-refractivity contribution in [1.29, 1.82) is 0 Å². The lowest BCUT2D eigenvalue weighted by Gasteiger charge is -2.31. The first-order valence-electron chi connectivity index (χ1n) is 11.5. The van der Waals surface area contributed by atoms with E-state index >= 15 is 0 Å². The molecule has 6 heteroatoms. The molecule has 1 aromatic heterocycles. The Labute approximate surface area is 193 Å². The predicted octanol–water partition coefficient (Wildman–Crippen LogP) is 4.17. The van der Waals surface area contributed by atoms with Crippen molar-refractivity contribution in [2.75, 3.05) is 13.1 Å². The highest BCUT2D eigenvalue weighted by Gasteiger charge is 2.29. The molecule has 6 nitrogen and oxygen atoms in total. The molecule has 0 unspecified atom stereocenters. The molecule has 3 aromatic rings. The molecule has 4 rings (SSSR count). The van der Waals surface area contributed by atoms with Gasteiger partial charge in [0.15, 0.2) is 5.78 Å². The summed E-state index contributed by atoms with van der Waals surface area (Å²) in [4.78, 5) is 39.9. The number of aromatic nitrogens is 2. The monoisotopic (exact) mass is 443 g/mol. The van der Waals surface area contributed by atoms with E-state index in [2.05, 4.69) is 18.9 Å². The van der Waals surface area contributed by atoms with Crippen molar-refractivity contribution in [3.8, 4) is 5.69 Å². The lowest BCUT2D eigenvalue weighted by atomic mass is 9.88. The van der Waals surface area contributed by atoms with Gasteiger partial charge >= 0.3 is 0 Å².